The Morgan fingerprint density at radius 2 is 2.12 bits per heavy atom. The molecular weight excluding hydrogens is 224 g/mol. The second kappa shape index (κ2) is 4.32. The predicted octanol–water partition coefficient (Wildman–Crippen LogP) is 0.701. The molecule has 1 aromatic carbocycles. The van der Waals surface area contributed by atoms with Crippen LogP contribution in [-0.4, -0.2) is 41.8 Å². The zero-order chi connectivity index (χ0) is 12.4. The van der Waals surface area contributed by atoms with Crippen LogP contribution >= 0.6 is 0 Å². The molecule has 0 saturated carbocycles. The van der Waals surface area contributed by atoms with Crippen molar-refractivity contribution in [3.8, 4) is 0 Å². The van der Waals surface area contributed by atoms with Crippen molar-refractivity contribution in [2.45, 2.75) is 0 Å². The summed E-state index contributed by atoms with van der Waals surface area (Å²) in [7, 11) is 0. The van der Waals surface area contributed by atoms with Gasteiger partial charge in [0.1, 0.15) is 6.54 Å². The normalized spacial score (nSPS) is 13.8. The number of nitrogens with zero attached hydrogens (tertiary/aromatic N) is 1. The lowest BCUT2D eigenvalue weighted by atomic mass is 10.1. The molecule has 0 amide bonds. The van der Waals surface area contributed by atoms with Crippen LogP contribution in [0.1, 0.15) is 10.4 Å². The maximum Gasteiger partial charge on any atom is 0.335 e. The Labute approximate surface area is 97.5 Å². The minimum Gasteiger partial charge on any atom is -0.480 e. The monoisotopic (exact) mass is 236 g/mol. The SMILES string of the molecule is O=C(O)CN1CCNc2cc(C(=O)O)ccc21. The fourth-order valence-corrected chi connectivity index (χ4v) is 1.86. The standard InChI is InChI=1S/C11H12N2O4/c14-10(15)6-13-4-3-12-8-5-7(11(16)17)1-2-9(8)13/h1-2,5,12H,3-4,6H2,(H,14,15)(H,16,17). The number of hydrogen-bond acceptors (Lipinski definition) is 4. The Hall–Kier alpha value is -2.24. The van der Waals surface area contributed by atoms with Crippen molar-refractivity contribution < 1.29 is 19.8 Å². The smallest absolute Gasteiger partial charge is 0.335 e. The summed E-state index contributed by atoms with van der Waals surface area (Å²) in [5.74, 6) is -1.90. The molecule has 17 heavy (non-hydrogen) atoms. The van der Waals surface area contributed by atoms with Gasteiger partial charge in [-0.05, 0) is 18.2 Å². The number of carboxylic acid groups (broad SMARTS) is 2. The van der Waals surface area contributed by atoms with E-state index in [-0.39, 0.29) is 12.1 Å². The summed E-state index contributed by atoms with van der Waals surface area (Å²) >= 11 is 0. The highest BCUT2D eigenvalue weighted by atomic mass is 16.4. The molecule has 6 nitrogen and oxygen atoms in total. The molecule has 0 radical (unpaired) electrons. The number of benzene rings is 1. The van der Waals surface area contributed by atoms with E-state index < -0.39 is 11.9 Å². The summed E-state index contributed by atoms with van der Waals surface area (Å²) in [6.07, 6.45) is 0. The molecule has 0 aliphatic carbocycles. The minimum absolute atomic E-state index is 0.0822. The molecule has 1 aliphatic rings. The first-order valence-electron chi connectivity index (χ1n) is 5.16. The van der Waals surface area contributed by atoms with E-state index >= 15 is 0 Å². The molecule has 1 aliphatic heterocycles. The van der Waals surface area contributed by atoms with Crippen molar-refractivity contribution in [1.29, 1.82) is 0 Å². The van der Waals surface area contributed by atoms with Gasteiger partial charge in [-0.15, -0.1) is 0 Å². The maximum absolute atomic E-state index is 10.8. The van der Waals surface area contributed by atoms with E-state index in [9.17, 15) is 9.59 Å². The Balaban J connectivity index is 2.33. The number of carbonyl (C=O) groups is 2. The van der Waals surface area contributed by atoms with E-state index in [1.165, 1.54) is 12.1 Å². The number of fused-ring (bicyclic) bond motifs is 1. The number of hydrogen-bond donors (Lipinski definition) is 3. The third-order valence-electron chi connectivity index (χ3n) is 2.61. The molecule has 0 unspecified atom stereocenters. The van der Waals surface area contributed by atoms with Gasteiger partial charge < -0.3 is 20.4 Å². The van der Waals surface area contributed by atoms with Crippen molar-refractivity contribution in [3.63, 3.8) is 0 Å². The Morgan fingerprint density at radius 3 is 2.76 bits per heavy atom. The van der Waals surface area contributed by atoms with Gasteiger partial charge in [-0.25, -0.2) is 4.79 Å². The fraction of sp³-hybridized carbons (Fsp3) is 0.273. The molecule has 1 aromatic rings. The highest BCUT2D eigenvalue weighted by Crippen LogP contribution is 2.29. The lowest BCUT2D eigenvalue weighted by molar-refractivity contribution is -0.135. The van der Waals surface area contributed by atoms with Crippen molar-refractivity contribution in [3.05, 3.63) is 23.8 Å². The average Bonchev–Trinajstić information content (AvgIpc) is 2.28. The second-order valence-corrected chi connectivity index (χ2v) is 3.78. The number of aliphatic carboxylic acids is 1. The summed E-state index contributed by atoms with van der Waals surface area (Å²) < 4.78 is 0. The Morgan fingerprint density at radius 1 is 1.35 bits per heavy atom. The molecule has 90 valence electrons. The van der Waals surface area contributed by atoms with Crippen LogP contribution in [0.4, 0.5) is 11.4 Å². The average molecular weight is 236 g/mol. The van der Waals surface area contributed by atoms with E-state index in [1.807, 2.05) is 0 Å². The number of carboxylic acids is 2. The lowest BCUT2D eigenvalue weighted by Crippen LogP contribution is -2.37. The van der Waals surface area contributed by atoms with E-state index in [1.54, 1.807) is 11.0 Å². The fourth-order valence-electron chi connectivity index (χ4n) is 1.86. The highest BCUT2D eigenvalue weighted by molar-refractivity contribution is 5.91. The van der Waals surface area contributed by atoms with Crippen LogP contribution in [0.15, 0.2) is 18.2 Å². The molecule has 0 spiro atoms. The largest absolute Gasteiger partial charge is 0.480 e. The number of rotatable bonds is 3. The van der Waals surface area contributed by atoms with Crippen LogP contribution < -0.4 is 10.2 Å². The second-order valence-electron chi connectivity index (χ2n) is 3.78. The van der Waals surface area contributed by atoms with Crippen LogP contribution in [-0.2, 0) is 4.79 Å². The van der Waals surface area contributed by atoms with Crippen molar-refractivity contribution in [2.75, 3.05) is 29.9 Å². The zero-order valence-electron chi connectivity index (χ0n) is 9.01. The van der Waals surface area contributed by atoms with Gasteiger partial charge in [0.25, 0.3) is 0 Å². The Kier molecular flexibility index (Phi) is 2.86. The third-order valence-corrected chi connectivity index (χ3v) is 2.61. The van der Waals surface area contributed by atoms with Crippen LogP contribution in [0.3, 0.4) is 0 Å². The van der Waals surface area contributed by atoms with Gasteiger partial charge in [-0.3, -0.25) is 4.79 Å². The predicted molar refractivity (Wildman–Crippen MR) is 61.7 cm³/mol. The molecule has 0 atom stereocenters. The van der Waals surface area contributed by atoms with E-state index in [0.717, 1.165) is 5.69 Å². The molecular formula is C11H12N2O4. The summed E-state index contributed by atoms with van der Waals surface area (Å²) in [6, 6.07) is 4.63. The summed E-state index contributed by atoms with van der Waals surface area (Å²) in [5, 5.41) is 20.7. The van der Waals surface area contributed by atoms with Crippen LogP contribution in [0, 0.1) is 0 Å². The van der Waals surface area contributed by atoms with Gasteiger partial charge in [0.05, 0.1) is 16.9 Å². The zero-order valence-corrected chi connectivity index (χ0v) is 9.01. The summed E-state index contributed by atoms with van der Waals surface area (Å²) in [6.45, 7) is 1.11. The molecule has 6 heteroatoms. The van der Waals surface area contributed by atoms with Gasteiger partial charge in [0.2, 0.25) is 0 Å². The molecule has 0 bridgehead atoms. The number of anilines is 2. The number of nitrogens with one attached hydrogen (secondary N) is 1. The van der Waals surface area contributed by atoms with Crippen LogP contribution in [0.5, 0.6) is 0 Å². The molecule has 0 saturated heterocycles. The van der Waals surface area contributed by atoms with Crippen LogP contribution in [0.2, 0.25) is 0 Å². The lowest BCUT2D eigenvalue weighted by Gasteiger charge is -2.30. The Bertz CT molecular complexity index is 473. The van der Waals surface area contributed by atoms with Gasteiger partial charge >= 0.3 is 11.9 Å². The summed E-state index contributed by atoms with van der Waals surface area (Å²) in [4.78, 5) is 23.2. The first-order valence-corrected chi connectivity index (χ1v) is 5.16. The first kappa shape index (κ1) is 11.3. The van der Waals surface area contributed by atoms with Crippen molar-refractivity contribution in [1.82, 2.24) is 0 Å². The quantitative estimate of drug-likeness (QED) is 0.715. The van der Waals surface area contributed by atoms with E-state index in [0.29, 0.717) is 18.8 Å². The first-order chi connectivity index (χ1) is 8.08. The highest BCUT2D eigenvalue weighted by Gasteiger charge is 2.19. The van der Waals surface area contributed by atoms with E-state index in [4.69, 9.17) is 10.2 Å². The van der Waals surface area contributed by atoms with Gasteiger partial charge in [-0.2, -0.15) is 0 Å². The van der Waals surface area contributed by atoms with Gasteiger partial charge in [0, 0.05) is 13.1 Å². The van der Waals surface area contributed by atoms with Crippen molar-refractivity contribution in [2.24, 2.45) is 0 Å². The van der Waals surface area contributed by atoms with Crippen LogP contribution in [0.25, 0.3) is 0 Å². The third kappa shape index (κ3) is 2.30. The molecule has 2 rings (SSSR count). The molecule has 0 fully saturated rings. The molecule has 1 heterocycles. The van der Waals surface area contributed by atoms with Gasteiger partial charge in [0.15, 0.2) is 0 Å². The van der Waals surface area contributed by atoms with Gasteiger partial charge in [-0.1, -0.05) is 0 Å². The minimum atomic E-state index is -0.995. The molecule has 0 aromatic heterocycles. The van der Waals surface area contributed by atoms with E-state index in [2.05, 4.69) is 5.32 Å². The maximum atomic E-state index is 10.8. The summed E-state index contributed by atoms with van der Waals surface area (Å²) in [5.41, 5.74) is 1.58. The molecule has 3 N–H and O–H groups in total. The van der Waals surface area contributed by atoms with Crippen molar-refractivity contribution >= 4 is 23.3 Å². The number of aromatic carboxylic acids is 1. The topological polar surface area (TPSA) is 89.9 Å².